The molecule has 1 aromatic carbocycles. The van der Waals surface area contributed by atoms with Crippen molar-refractivity contribution in [3.05, 3.63) is 23.8 Å². The van der Waals surface area contributed by atoms with Gasteiger partial charge in [0.05, 0.1) is 12.2 Å². The molecule has 0 bridgehead atoms. The van der Waals surface area contributed by atoms with Crippen molar-refractivity contribution in [3.8, 4) is 5.75 Å². The van der Waals surface area contributed by atoms with Crippen molar-refractivity contribution in [2.45, 2.75) is 19.5 Å². The van der Waals surface area contributed by atoms with E-state index in [-0.39, 0.29) is 11.4 Å². The van der Waals surface area contributed by atoms with Crippen LogP contribution in [0.2, 0.25) is 0 Å². The van der Waals surface area contributed by atoms with Crippen molar-refractivity contribution in [2.75, 3.05) is 12.3 Å². The average molecular weight is 219 g/mol. The Balaban J connectivity index is 2.95. The summed E-state index contributed by atoms with van der Waals surface area (Å²) >= 11 is 0. The Morgan fingerprint density at radius 3 is 2.47 bits per heavy atom. The summed E-state index contributed by atoms with van der Waals surface area (Å²) in [4.78, 5) is 0. The lowest BCUT2D eigenvalue weighted by Crippen LogP contribution is -2.07. The van der Waals surface area contributed by atoms with Gasteiger partial charge in [-0.15, -0.1) is 0 Å². The normalized spacial score (nSPS) is 11.5. The van der Waals surface area contributed by atoms with E-state index in [1.165, 1.54) is 6.07 Å². The Hall–Kier alpha value is -1.39. The highest BCUT2D eigenvalue weighted by atomic mass is 19.4. The molecular weight excluding hydrogens is 207 g/mol. The van der Waals surface area contributed by atoms with Gasteiger partial charge in [-0.25, -0.2) is 0 Å². The molecule has 0 spiro atoms. The molecular formula is C10H12F3NO. The summed E-state index contributed by atoms with van der Waals surface area (Å²) in [7, 11) is 0. The molecule has 15 heavy (non-hydrogen) atoms. The van der Waals surface area contributed by atoms with Crippen LogP contribution in [0.5, 0.6) is 5.75 Å². The van der Waals surface area contributed by atoms with Crippen LogP contribution in [0.4, 0.5) is 18.9 Å². The second-order valence-electron chi connectivity index (χ2n) is 3.14. The van der Waals surface area contributed by atoms with E-state index in [1.54, 1.807) is 0 Å². The summed E-state index contributed by atoms with van der Waals surface area (Å²) in [6.07, 6.45) is -3.66. The number of rotatable bonds is 3. The maximum absolute atomic E-state index is 12.4. The van der Waals surface area contributed by atoms with Crippen molar-refractivity contribution >= 4 is 5.69 Å². The predicted octanol–water partition coefficient (Wildman–Crippen LogP) is 3.08. The molecule has 0 fully saturated rings. The largest absolute Gasteiger partial charge is 0.494 e. The molecule has 0 aliphatic heterocycles. The monoisotopic (exact) mass is 219 g/mol. The van der Waals surface area contributed by atoms with Crippen molar-refractivity contribution in [1.29, 1.82) is 0 Å². The van der Waals surface area contributed by atoms with E-state index >= 15 is 0 Å². The van der Waals surface area contributed by atoms with E-state index in [0.717, 1.165) is 18.6 Å². The highest BCUT2D eigenvalue weighted by molar-refractivity contribution is 5.48. The summed E-state index contributed by atoms with van der Waals surface area (Å²) < 4.78 is 42.2. The molecule has 0 atom stereocenters. The number of alkyl halides is 3. The average Bonchev–Trinajstić information content (AvgIpc) is 2.12. The van der Waals surface area contributed by atoms with Gasteiger partial charge in [-0.3, -0.25) is 0 Å². The van der Waals surface area contributed by atoms with Crippen LogP contribution >= 0.6 is 0 Å². The number of anilines is 1. The first-order chi connectivity index (χ1) is 6.93. The minimum atomic E-state index is -4.39. The van der Waals surface area contributed by atoms with E-state index in [2.05, 4.69) is 0 Å². The van der Waals surface area contributed by atoms with E-state index in [9.17, 15) is 13.2 Å². The minimum absolute atomic E-state index is 0.0518. The Kier molecular flexibility index (Phi) is 3.44. The fourth-order valence-corrected chi connectivity index (χ4v) is 1.09. The standard InChI is InChI=1S/C10H12F3NO/c1-2-3-15-9-5-7(10(11,12)13)4-8(14)6-9/h4-6H,2-3,14H2,1H3. The lowest BCUT2D eigenvalue weighted by molar-refractivity contribution is -0.137. The summed E-state index contributed by atoms with van der Waals surface area (Å²) in [5.74, 6) is 0.157. The minimum Gasteiger partial charge on any atom is -0.494 e. The van der Waals surface area contributed by atoms with Gasteiger partial charge in [0.15, 0.2) is 0 Å². The van der Waals surface area contributed by atoms with E-state index in [1.807, 2.05) is 6.92 Å². The molecule has 0 saturated heterocycles. The number of hydrogen-bond donors (Lipinski definition) is 1. The molecule has 84 valence electrons. The number of benzene rings is 1. The molecule has 0 saturated carbocycles. The highest BCUT2D eigenvalue weighted by Crippen LogP contribution is 2.33. The predicted molar refractivity (Wildman–Crippen MR) is 51.6 cm³/mol. The second-order valence-corrected chi connectivity index (χ2v) is 3.14. The molecule has 0 aromatic heterocycles. The zero-order chi connectivity index (χ0) is 11.5. The third kappa shape index (κ3) is 3.34. The summed E-state index contributed by atoms with van der Waals surface area (Å²) in [5.41, 5.74) is 4.62. The van der Waals surface area contributed by atoms with Crippen molar-refractivity contribution in [1.82, 2.24) is 0 Å². The lowest BCUT2D eigenvalue weighted by Gasteiger charge is -2.11. The SMILES string of the molecule is CCCOc1cc(N)cc(C(F)(F)F)c1. The molecule has 0 aliphatic rings. The van der Waals surface area contributed by atoms with Gasteiger partial charge >= 0.3 is 6.18 Å². The summed E-state index contributed by atoms with van der Waals surface area (Å²) in [6, 6.07) is 3.22. The van der Waals surface area contributed by atoms with Crippen LogP contribution in [0.25, 0.3) is 0 Å². The smallest absolute Gasteiger partial charge is 0.416 e. The first-order valence-electron chi connectivity index (χ1n) is 4.54. The number of hydrogen-bond acceptors (Lipinski definition) is 2. The van der Waals surface area contributed by atoms with Gasteiger partial charge in [0.25, 0.3) is 0 Å². The van der Waals surface area contributed by atoms with Crippen molar-refractivity contribution < 1.29 is 17.9 Å². The van der Waals surface area contributed by atoms with Crippen LogP contribution in [0.3, 0.4) is 0 Å². The quantitative estimate of drug-likeness (QED) is 0.793. The van der Waals surface area contributed by atoms with Gasteiger partial charge in [0.1, 0.15) is 5.75 Å². The molecule has 5 heteroatoms. The molecule has 2 nitrogen and oxygen atoms in total. The number of halogens is 3. The fourth-order valence-electron chi connectivity index (χ4n) is 1.09. The van der Waals surface area contributed by atoms with Crippen LogP contribution in [0.15, 0.2) is 18.2 Å². The van der Waals surface area contributed by atoms with E-state index < -0.39 is 11.7 Å². The number of nitrogen functional groups attached to an aromatic ring is 1. The number of nitrogens with two attached hydrogens (primary N) is 1. The van der Waals surface area contributed by atoms with Crippen molar-refractivity contribution in [3.63, 3.8) is 0 Å². The molecule has 1 rings (SSSR count). The van der Waals surface area contributed by atoms with Gasteiger partial charge in [-0.2, -0.15) is 13.2 Å². The molecule has 0 radical (unpaired) electrons. The third-order valence-corrected chi connectivity index (χ3v) is 1.73. The summed E-state index contributed by atoms with van der Waals surface area (Å²) in [5, 5.41) is 0. The fraction of sp³-hybridized carbons (Fsp3) is 0.400. The van der Waals surface area contributed by atoms with Gasteiger partial charge < -0.3 is 10.5 Å². The summed E-state index contributed by atoms with van der Waals surface area (Å²) in [6.45, 7) is 2.25. The van der Waals surface area contributed by atoms with Gasteiger partial charge in [0.2, 0.25) is 0 Å². The molecule has 0 unspecified atom stereocenters. The first-order valence-corrected chi connectivity index (χ1v) is 4.54. The zero-order valence-electron chi connectivity index (χ0n) is 8.27. The Morgan fingerprint density at radius 2 is 1.93 bits per heavy atom. The maximum Gasteiger partial charge on any atom is 0.416 e. The molecule has 2 N–H and O–H groups in total. The van der Waals surface area contributed by atoms with Crippen LogP contribution in [-0.4, -0.2) is 6.61 Å². The van der Waals surface area contributed by atoms with E-state index in [0.29, 0.717) is 6.61 Å². The third-order valence-electron chi connectivity index (χ3n) is 1.73. The van der Waals surface area contributed by atoms with Gasteiger partial charge in [-0.1, -0.05) is 6.92 Å². The molecule has 0 amide bonds. The zero-order valence-corrected chi connectivity index (χ0v) is 8.27. The second kappa shape index (κ2) is 4.42. The van der Waals surface area contributed by atoms with Crippen molar-refractivity contribution in [2.24, 2.45) is 0 Å². The van der Waals surface area contributed by atoms with Gasteiger partial charge in [0, 0.05) is 11.8 Å². The first kappa shape index (κ1) is 11.7. The van der Waals surface area contributed by atoms with Crippen LogP contribution in [-0.2, 0) is 6.18 Å². The highest BCUT2D eigenvalue weighted by Gasteiger charge is 2.31. The van der Waals surface area contributed by atoms with E-state index in [4.69, 9.17) is 10.5 Å². The molecule has 0 heterocycles. The van der Waals surface area contributed by atoms with Crippen LogP contribution < -0.4 is 10.5 Å². The Labute approximate surface area is 85.8 Å². The lowest BCUT2D eigenvalue weighted by atomic mass is 10.2. The topological polar surface area (TPSA) is 35.2 Å². The Bertz CT molecular complexity index is 336. The Morgan fingerprint density at radius 1 is 1.27 bits per heavy atom. The molecule has 0 aliphatic carbocycles. The number of ether oxygens (including phenoxy) is 1. The maximum atomic E-state index is 12.4. The van der Waals surface area contributed by atoms with Gasteiger partial charge in [-0.05, 0) is 18.6 Å². The van der Waals surface area contributed by atoms with Crippen LogP contribution in [0.1, 0.15) is 18.9 Å². The van der Waals surface area contributed by atoms with Crippen LogP contribution in [0, 0.1) is 0 Å². The molecule has 1 aromatic rings.